The van der Waals surface area contributed by atoms with Gasteiger partial charge in [-0.1, -0.05) is 43.9 Å². The van der Waals surface area contributed by atoms with E-state index >= 15 is 0 Å². The minimum absolute atomic E-state index is 0.0864. The summed E-state index contributed by atoms with van der Waals surface area (Å²) in [6, 6.07) is 8.16. The van der Waals surface area contributed by atoms with E-state index in [1.165, 1.54) is 19.3 Å². The molecule has 6 heteroatoms. The molecule has 0 aliphatic carbocycles. The summed E-state index contributed by atoms with van der Waals surface area (Å²) in [7, 11) is 0. The number of carbonyl (C=O) groups excluding carboxylic acids is 2. The van der Waals surface area contributed by atoms with E-state index in [0.717, 1.165) is 43.6 Å². The summed E-state index contributed by atoms with van der Waals surface area (Å²) in [6.07, 6.45) is 6.92. The van der Waals surface area contributed by atoms with Gasteiger partial charge in [0.25, 0.3) is 0 Å². The third-order valence-electron chi connectivity index (χ3n) is 5.89. The van der Waals surface area contributed by atoms with E-state index < -0.39 is 0 Å². The van der Waals surface area contributed by atoms with Gasteiger partial charge in [0.05, 0.1) is 19.8 Å². The number of fused-ring (bicyclic) bond motifs is 1. The topological polar surface area (TPSA) is 53.1 Å². The minimum atomic E-state index is 0.0864. The molecule has 0 atom stereocenters. The van der Waals surface area contributed by atoms with Gasteiger partial charge in [-0.25, -0.2) is 0 Å². The first-order valence-corrected chi connectivity index (χ1v) is 11.1. The number of para-hydroxylation sites is 1. The fraction of sp³-hybridized carbons (Fsp3) is 0.652. The van der Waals surface area contributed by atoms with Crippen molar-refractivity contribution in [3.05, 3.63) is 29.8 Å². The number of amides is 2. The van der Waals surface area contributed by atoms with Crippen molar-refractivity contribution in [1.29, 1.82) is 0 Å². The number of morpholine rings is 1. The Labute approximate surface area is 174 Å². The maximum Gasteiger partial charge on any atom is 0.236 e. The van der Waals surface area contributed by atoms with E-state index in [1.807, 2.05) is 28.0 Å². The van der Waals surface area contributed by atoms with Crippen molar-refractivity contribution in [3.63, 3.8) is 0 Å². The van der Waals surface area contributed by atoms with Crippen LogP contribution in [0.2, 0.25) is 0 Å². The highest BCUT2D eigenvalue weighted by molar-refractivity contribution is 5.92. The van der Waals surface area contributed by atoms with Crippen LogP contribution < -0.4 is 4.90 Å². The van der Waals surface area contributed by atoms with Crippen molar-refractivity contribution in [2.45, 2.75) is 52.0 Å². The lowest BCUT2D eigenvalue weighted by molar-refractivity contribution is -0.136. The van der Waals surface area contributed by atoms with Crippen molar-refractivity contribution in [3.8, 4) is 0 Å². The smallest absolute Gasteiger partial charge is 0.236 e. The summed E-state index contributed by atoms with van der Waals surface area (Å²) in [4.78, 5) is 31.3. The van der Waals surface area contributed by atoms with Crippen molar-refractivity contribution in [2.75, 3.05) is 50.8 Å². The average molecular weight is 402 g/mol. The summed E-state index contributed by atoms with van der Waals surface area (Å²) in [5.41, 5.74) is 2.11. The van der Waals surface area contributed by atoms with E-state index in [2.05, 4.69) is 11.0 Å². The Morgan fingerprint density at radius 1 is 0.897 bits per heavy atom. The molecular formula is C23H35N3O3. The molecular weight excluding hydrogens is 366 g/mol. The normalized spacial score (nSPS) is 20.2. The molecule has 1 aromatic carbocycles. The monoisotopic (exact) mass is 401 g/mol. The van der Waals surface area contributed by atoms with Crippen molar-refractivity contribution in [2.24, 2.45) is 0 Å². The number of nitrogens with zero attached hydrogens (tertiary/aromatic N) is 3. The second-order valence-corrected chi connectivity index (χ2v) is 8.12. The molecule has 1 fully saturated rings. The van der Waals surface area contributed by atoms with Crippen molar-refractivity contribution < 1.29 is 14.3 Å². The summed E-state index contributed by atoms with van der Waals surface area (Å²) >= 11 is 0. The Hall–Kier alpha value is -1.92. The van der Waals surface area contributed by atoms with Crippen molar-refractivity contribution >= 4 is 17.5 Å². The van der Waals surface area contributed by atoms with Crippen LogP contribution in [0.25, 0.3) is 0 Å². The van der Waals surface area contributed by atoms with Crippen LogP contribution in [0.15, 0.2) is 24.3 Å². The molecule has 3 rings (SSSR count). The SMILES string of the molecule is CC(=O)N1CCCCCCCCN(CC(=O)N2CCOCC2)Cc2ccccc21. The van der Waals surface area contributed by atoms with Gasteiger partial charge in [-0.2, -0.15) is 0 Å². The number of hydrogen-bond acceptors (Lipinski definition) is 4. The molecule has 0 saturated carbocycles. The van der Waals surface area contributed by atoms with Gasteiger partial charge < -0.3 is 14.5 Å². The predicted molar refractivity (Wildman–Crippen MR) is 115 cm³/mol. The molecule has 0 bridgehead atoms. The number of anilines is 1. The molecule has 2 aliphatic rings. The zero-order chi connectivity index (χ0) is 20.5. The molecule has 29 heavy (non-hydrogen) atoms. The Balaban J connectivity index is 1.78. The lowest BCUT2D eigenvalue weighted by Crippen LogP contribution is -2.45. The van der Waals surface area contributed by atoms with Crippen molar-refractivity contribution in [1.82, 2.24) is 9.80 Å². The summed E-state index contributed by atoms with van der Waals surface area (Å²) in [5.74, 6) is 0.266. The number of benzene rings is 1. The first-order valence-electron chi connectivity index (χ1n) is 11.1. The maximum absolute atomic E-state index is 12.8. The molecule has 0 unspecified atom stereocenters. The second-order valence-electron chi connectivity index (χ2n) is 8.12. The van der Waals surface area contributed by atoms with Gasteiger partial charge in [-0.3, -0.25) is 14.5 Å². The van der Waals surface area contributed by atoms with Crippen LogP contribution in [-0.2, 0) is 20.9 Å². The molecule has 2 heterocycles. The lowest BCUT2D eigenvalue weighted by atomic mass is 10.1. The third-order valence-corrected chi connectivity index (χ3v) is 5.89. The van der Waals surface area contributed by atoms with Gasteiger partial charge in [0.1, 0.15) is 0 Å². The van der Waals surface area contributed by atoms with Gasteiger partial charge in [0.15, 0.2) is 0 Å². The molecule has 2 aliphatic heterocycles. The van der Waals surface area contributed by atoms with Gasteiger partial charge in [-0.05, 0) is 31.0 Å². The van der Waals surface area contributed by atoms with Gasteiger partial charge in [0.2, 0.25) is 11.8 Å². The average Bonchev–Trinajstić information content (AvgIpc) is 2.74. The zero-order valence-corrected chi connectivity index (χ0v) is 17.8. The van der Waals surface area contributed by atoms with E-state index in [0.29, 0.717) is 39.4 Å². The highest BCUT2D eigenvalue weighted by Crippen LogP contribution is 2.24. The van der Waals surface area contributed by atoms with Gasteiger partial charge >= 0.3 is 0 Å². The van der Waals surface area contributed by atoms with Crippen LogP contribution in [0.3, 0.4) is 0 Å². The standard InChI is InChI=1S/C23H35N3O3/c1-20(27)26-13-9-5-3-2-4-8-12-24(18-21-10-6-7-11-22(21)26)19-23(28)25-14-16-29-17-15-25/h6-7,10-11H,2-5,8-9,12-19H2,1H3. The Morgan fingerprint density at radius 2 is 1.55 bits per heavy atom. The summed E-state index contributed by atoms with van der Waals surface area (Å²) < 4.78 is 5.38. The Kier molecular flexibility index (Phi) is 8.50. The van der Waals surface area contributed by atoms with Crippen LogP contribution in [0.4, 0.5) is 5.69 Å². The van der Waals surface area contributed by atoms with E-state index in [4.69, 9.17) is 4.74 Å². The zero-order valence-electron chi connectivity index (χ0n) is 17.8. The minimum Gasteiger partial charge on any atom is -0.378 e. The van der Waals surface area contributed by atoms with Crippen LogP contribution in [-0.4, -0.2) is 67.6 Å². The maximum atomic E-state index is 12.8. The molecule has 0 radical (unpaired) electrons. The predicted octanol–water partition coefficient (Wildman–Crippen LogP) is 3.05. The molecule has 1 aromatic rings. The van der Waals surface area contributed by atoms with Gasteiger partial charge in [-0.15, -0.1) is 0 Å². The second kappa shape index (κ2) is 11.3. The van der Waals surface area contributed by atoms with E-state index in [9.17, 15) is 9.59 Å². The number of hydrogen-bond donors (Lipinski definition) is 0. The fourth-order valence-electron chi connectivity index (χ4n) is 4.23. The highest BCUT2D eigenvalue weighted by atomic mass is 16.5. The largest absolute Gasteiger partial charge is 0.378 e. The quantitative estimate of drug-likeness (QED) is 0.764. The third kappa shape index (κ3) is 6.54. The fourth-order valence-corrected chi connectivity index (χ4v) is 4.23. The molecule has 2 amide bonds. The Bertz CT molecular complexity index is 673. The van der Waals surface area contributed by atoms with Gasteiger partial charge in [0, 0.05) is 38.8 Å². The molecule has 0 aromatic heterocycles. The number of rotatable bonds is 2. The highest BCUT2D eigenvalue weighted by Gasteiger charge is 2.22. The molecule has 1 saturated heterocycles. The number of ether oxygens (including phenoxy) is 1. The Morgan fingerprint density at radius 3 is 2.28 bits per heavy atom. The first kappa shape index (κ1) is 21.8. The number of carbonyl (C=O) groups is 2. The molecule has 0 spiro atoms. The molecule has 160 valence electrons. The summed E-state index contributed by atoms with van der Waals surface area (Å²) in [6.45, 7) is 7.05. The van der Waals surface area contributed by atoms with Crippen LogP contribution in [0, 0.1) is 0 Å². The molecule has 0 N–H and O–H groups in total. The van der Waals surface area contributed by atoms with Crippen LogP contribution in [0.1, 0.15) is 51.0 Å². The van der Waals surface area contributed by atoms with E-state index in [1.54, 1.807) is 6.92 Å². The van der Waals surface area contributed by atoms with Crippen LogP contribution in [0.5, 0.6) is 0 Å². The molecule has 6 nitrogen and oxygen atoms in total. The van der Waals surface area contributed by atoms with Crippen LogP contribution >= 0.6 is 0 Å². The summed E-state index contributed by atoms with van der Waals surface area (Å²) in [5, 5.41) is 0. The first-order chi connectivity index (χ1) is 14.1. The lowest BCUT2D eigenvalue weighted by Gasteiger charge is -2.31. The van der Waals surface area contributed by atoms with E-state index in [-0.39, 0.29) is 11.8 Å².